The van der Waals surface area contributed by atoms with E-state index in [1.165, 1.54) is 19.3 Å². The molecule has 1 heterocycles. The summed E-state index contributed by atoms with van der Waals surface area (Å²) in [6.45, 7) is 0. The molecule has 1 aromatic carbocycles. The zero-order chi connectivity index (χ0) is 15.6. The van der Waals surface area contributed by atoms with E-state index in [9.17, 15) is 17.6 Å². The van der Waals surface area contributed by atoms with Gasteiger partial charge in [0.05, 0.1) is 5.56 Å². The topological polar surface area (TPSA) is 87.6 Å². The van der Waals surface area contributed by atoms with Crippen LogP contribution in [0.5, 0.6) is 0 Å². The maximum Gasteiger partial charge on any atom is 0.335 e. The van der Waals surface area contributed by atoms with Crippen molar-refractivity contribution in [2.45, 2.75) is 4.90 Å². The van der Waals surface area contributed by atoms with Gasteiger partial charge in [0.1, 0.15) is 16.5 Å². The number of benzene rings is 1. The molecule has 0 aliphatic carbocycles. The molecule has 0 bridgehead atoms. The molecule has 6 nitrogen and oxygen atoms in total. The average Bonchev–Trinajstić information content (AvgIpc) is 2.47. The Labute approximate surface area is 120 Å². The van der Waals surface area contributed by atoms with Crippen molar-refractivity contribution in [1.29, 1.82) is 0 Å². The Balaban J connectivity index is 2.54. The fourth-order valence-corrected chi connectivity index (χ4v) is 2.88. The highest BCUT2D eigenvalue weighted by atomic mass is 32.2. The summed E-state index contributed by atoms with van der Waals surface area (Å²) in [5.74, 6) is -2.27. The Morgan fingerprint density at radius 1 is 1.29 bits per heavy atom. The molecule has 0 spiro atoms. The molecule has 2 rings (SSSR count). The number of hydrogen-bond donors (Lipinski definition) is 1. The lowest BCUT2D eigenvalue weighted by Crippen LogP contribution is -2.28. The first-order valence-corrected chi connectivity index (χ1v) is 7.21. The summed E-state index contributed by atoms with van der Waals surface area (Å²) in [5, 5.41) is 8.88. The summed E-state index contributed by atoms with van der Waals surface area (Å²) >= 11 is 0. The second-order valence-corrected chi connectivity index (χ2v) is 6.05. The second kappa shape index (κ2) is 5.49. The van der Waals surface area contributed by atoms with E-state index in [1.807, 2.05) is 0 Å². The van der Waals surface area contributed by atoms with Crippen LogP contribution < -0.4 is 4.31 Å². The molecule has 1 aromatic heterocycles. The molecule has 0 radical (unpaired) electrons. The highest BCUT2D eigenvalue weighted by Crippen LogP contribution is 2.23. The minimum Gasteiger partial charge on any atom is -0.478 e. The van der Waals surface area contributed by atoms with E-state index in [-0.39, 0.29) is 11.4 Å². The van der Waals surface area contributed by atoms with Crippen LogP contribution in [0.1, 0.15) is 10.4 Å². The second-order valence-electron chi connectivity index (χ2n) is 4.11. The molecule has 0 fully saturated rings. The number of aromatic nitrogens is 1. The fourth-order valence-electron chi connectivity index (χ4n) is 1.64. The third kappa shape index (κ3) is 2.84. The van der Waals surface area contributed by atoms with Crippen LogP contribution >= 0.6 is 0 Å². The van der Waals surface area contributed by atoms with E-state index in [1.54, 1.807) is 12.1 Å². The van der Waals surface area contributed by atoms with E-state index in [0.717, 1.165) is 22.5 Å². The molecule has 110 valence electrons. The number of nitrogens with zero attached hydrogens (tertiary/aromatic N) is 2. The zero-order valence-corrected chi connectivity index (χ0v) is 11.7. The number of carboxylic acids is 1. The third-order valence-electron chi connectivity index (χ3n) is 2.79. The maximum absolute atomic E-state index is 13.8. The maximum atomic E-state index is 13.8. The number of anilines is 1. The molecule has 0 atom stereocenters. The Hall–Kier alpha value is -2.48. The van der Waals surface area contributed by atoms with Gasteiger partial charge < -0.3 is 5.11 Å². The van der Waals surface area contributed by atoms with Crippen molar-refractivity contribution in [3.05, 3.63) is 54.0 Å². The van der Waals surface area contributed by atoms with Crippen LogP contribution in [0.2, 0.25) is 0 Å². The van der Waals surface area contributed by atoms with Crippen molar-refractivity contribution < 1.29 is 22.7 Å². The minimum absolute atomic E-state index is 0.0950. The van der Waals surface area contributed by atoms with Gasteiger partial charge in [-0.1, -0.05) is 6.07 Å². The Bertz CT molecular complexity index is 778. The smallest absolute Gasteiger partial charge is 0.335 e. The third-order valence-corrected chi connectivity index (χ3v) is 4.57. The van der Waals surface area contributed by atoms with Crippen molar-refractivity contribution in [3.8, 4) is 0 Å². The Morgan fingerprint density at radius 3 is 2.57 bits per heavy atom. The number of halogens is 1. The predicted octanol–water partition coefficient (Wildman–Crippen LogP) is 1.74. The van der Waals surface area contributed by atoms with Gasteiger partial charge in [0.15, 0.2) is 0 Å². The van der Waals surface area contributed by atoms with E-state index < -0.39 is 26.7 Å². The molecule has 0 saturated heterocycles. The summed E-state index contributed by atoms with van der Waals surface area (Å²) in [5.41, 5.74) is -0.315. The van der Waals surface area contributed by atoms with Gasteiger partial charge in [-0.2, -0.15) is 0 Å². The number of hydrogen-bond acceptors (Lipinski definition) is 4. The first-order chi connectivity index (χ1) is 9.84. The van der Waals surface area contributed by atoms with Crippen LogP contribution in [0.3, 0.4) is 0 Å². The van der Waals surface area contributed by atoms with Crippen molar-refractivity contribution >= 4 is 21.8 Å². The van der Waals surface area contributed by atoms with Crippen LogP contribution in [0.15, 0.2) is 47.5 Å². The highest BCUT2D eigenvalue weighted by Gasteiger charge is 2.26. The summed E-state index contributed by atoms with van der Waals surface area (Å²) < 4.78 is 39.3. The Morgan fingerprint density at radius 2 is 2.00 bits per heavy atom. The summed E-state index contributed by atoms with van der Waals surface area (Å²) in [6, 6.07) is 7.22. The lowest BCUT2D eigenvalue weighted by Gasteiger charge is -2.18. The van der Waals surface area contributed by atoms with E-state index >= 15 is 0 Å². The lowest BCUT2D eigenvalue weighted by atomic mass is 10.2. The standard InChI is InChI=1S/C13H11FN2O4S/c1-16(12-4-2-3-7-15-12)21(19,20)11-8-9(13(17)18)5-6-10(11)14/h2-8H,1H3,(H,17,18). The van der Waals surface area contributed by atoms with Gasteiger partial charge in [-0.05, 0) is 30.3 Å². The van der Waals surface area contributed by atoms with Gasteiger partial charge >= 0.3 is 5.97 Å². The lowest BCUT2D eigenvalue weighted by molar-refractivity contribution is 0.0696. The van der Waals surface area contributed by atoms with Gasteiger partial charge in [-0.15, -0.1) is 0 Å². The van der Waals surface area contributed by atoms with Crippen LogP contribution in [-0.4, -0.2) is 31.5 Å². The molecular weight excluding hydrogens is 299 g/mol. The van der Waals surface area contributed by atoms with E-state index in [4.69, 9.17) is 5.11 Å². The first-order valence-electron chi connectivity index (χ1n) is 5.77. The predicted molar refractivity (Wildman–Crippen MR) is 73.2 cm³/mol. The van der Waals surface area contributed by atoms with Crippen LogP contribution in [-0.2, 0) is 10.0 Å². The SMILES string of the molecule is CN(c1ccccn1)S(=O)(=O)c1cc(C(=O)O)ccc1F. The zero-order valence-electron chi connectivity index (χ0n) is 10.9. The minimum atomic E-state index is -4.25. The first kappa shape index (κ1) is 14.9. The molecule has 0 unspecified atom stereocenters. The average molecular weight is 310 g/mol. The molecule has 21 heavy (non-hydrogen) atoms. The van der Waals surface area contributed by atoms with Gasteiger partial charge in [-0.25, -0.2) is 22.6 Å². The molecule has 0 saturated carbocycles. The summed E-state index contributed by atoms with van der Waals surface area (Å²) in [4.78, 5) is 14.0. The van der Waals surface area contributed by atoms with Crippen molar-refractivity contribution in [3.63, 3.8) is 0 Å². The van der Waals surface area contributed by atoms with Gasteiger partial charge in [-0.3, -0.25) is 4.31 Å². The van der Waals surface area contributed by atoms with Gasteiger partial charge in [0.25, 0.3) is 10.0 Å². The van der Waals surface area contributed by atoms with Crippen molar-refractivity contribution in [1.82, 2.24) is 4.98 Å². The number of pyridine rings is 1. The van der Waals surface area contributed by atoms with Crippen LogP contribution in [0.25, 0.3) is 0 Å². The van der Waals surface area contributed by atoms with Crippen LogP contribution in [0.4, 0.5) is 10.2 Å². The van der Waals surface area contributed by atoms with Crippen molar-refractivity contribution in [2.24, 2.45) is 0 Å². The van der Waals surface area contributed by atoms with E-state index in [0.29, 0.717) is 0 Å². The Kier molecular flexibility index (Phi) is 3.90. The summed E-state index contributed by atoms with van der Waals surface area (Å²) in [7, 11) is -3.03. The van der Waals surface area contributed by atoms with Gasteiger partial charge in [0.2, 0.25) is 0 Å². The van der Waals surface area contributed by atoms with Crippen LogP contribution in [0, 0.1) is 5.82 Å². The molecule has 2 aromatic rings. The number of sulfonamides is 1. The number of rotatable bonds is 4. The molecule has 0 aliphatic rings. The number of carbonyl (C=O) groups is 1. The highest BCUT2D eigenvalue weighted by molar-refractivity contribution is 7.92. The summed E-state index contributed by atoms with van der Waals surface area (Å²) in [6.07, 6.45) is 1.39. The van der Waals surface area contributed by atoms with Crippen molar-refractivity contribution in [2.75, 3.05) is 11.4 Å². The molecule has 1 N–H and O–H groups in total. The normalized spacial score (nSPS) is 11.1. The largest absolute Gasteiger partial charge is 0.478 e. The molecular formula is C13H11FN2O4S. The monoisotopic (exact) mass is 310 g/mol. The van der Waals surface area contributed by atoms with E-state index in [2.05, 4.69) is 4.98 Å². The molecule has 8 heteroatoms. The number of carboxylic acid groups (broad SMARTS) is 1. The quantitative estimate of drug-likeness (QED) is 0.929. The fraction of sp³-hybridized carbons (Fsp3) is 0.0769. The molecule has 0 aliphatic heterocycles. The van der Waals surface area contributed by atoms with Gasteiger partial charge in [0, 0.05) is 13.2 Å². The molecule has 0 amide bonds. The number of aromatic carboxylic acids is 1.